The molecule has 142 valence electrons. The average Bonchev–Trinajstić information content (AvgIpc) is 3.30. The number of benzene rings is 2. The summed E-state index contributed by atoms with van der Waals surface area (Å²) < 4.78 is 31.9. The van der Waals surface area contributed by atoms with Crippen LogP contribution >= 0.6 is 11.8 Å². The number of carbonyl (C=O) groups is 1. The van der Waals surface area contributed by atoms with Crippen molar-refractivity contribution >= 4 is 29.2 Å². The molecule has 2 unspecified atom stereocenters. The van der Waals surface area contributed by atoms with E-state index in [-0.39, 0.29) is 17.5 Å². The maximum atomic E-state index is 13.5. The van der Waals surface area contributed by atoms with Crippen LogP contribution < -0.4 is 10.6 Å². The van der Waals surface area contributed by atoms with Gasteiger partial charge in [0.15, 0.2) is 11.6 Å². The Labute approximate surface area is 160 Å². The summed E-state index contributed by atoms with van der Waals surface area (Å²) in [6.45, 7) is 1.25. The number of anilines is 2. The van der Waals surface area contributed by atoms with Crippen LogP contribution in [0.15, 0.2) is 41.3 Å². The summed E-state index contributed by atoms with van der Waals surface area (Å²) in [5.41, 5.74) is 2.19. The van der Waals surface area contributed by atoms with Crippen LogP contribution in [0.5, 0.6) is 0 Å². The predicted molar refractivity (Wildman–Crippen MR) is 101 cm³/mol. The third kappa shape index (κ3) is 3.72. The standard InChI is InChI=1S/C19H19F2N3O2S/c1-26-13-6-7-24(10-13)19(25)22-12-3-5-17-16(9-12)23-18(27-17)11-2-4-14(20)15(21)8-11/h2-5,8-9,13,18,23H,6-7,10H2,1H3,(H,22,25). The van der Waals surface area contributed by atoms with Gasteiger partial charge in [0.25, 0.3) is 0 Å². The van der Waals surface area contributed by atoms with Gasteiger partial charge in [-0.2, -0.15) is 0 Å². The second-order valence-electron chi connectivity index (χ2n) is 6.55. The maximum absolute atomic E-state index is 13.5. The molecule has 1 saturated heterocycles. The quantitative estimate of drug-likeness (QED) is 0.813. The number of urea groups is 1. The van der Waals surface area contributed by atoms with Crippen molar-refractivity contribution in [2.75, 3.05) is 30.8 Å². The first kappa shape index (κ1) is 18.1. The zero-order valence-electron chi connectivity index (χ0n) is 14.7. The highest BCUT2D eigenvalue weighted by atomic mass is 32.2. The summed E-state index contributed by atoms with van der Waals surface area (Å²) in [5, 5.41) is 5.98. The van der Waals surface area contributed by atoms with Gasteiger partial charge in [0.1, 0.15) is 5.37 Å². The summed E-state index contributed by atoms with van der Waals surface area (Å²) in [7, 11) is 1.65. The number of hydrogen-bond acceptors (Lipinski definition) is 4. The van der Waals surface area contributed by atoms with E-state index in [0.717, 1.165) is 23.1 Å². The molecule has 0 radical (unpaired) electrons. The lowest BCUT2D eigenvalue weighted by molar-refractivity contribution is 0.111. The lowest BCUT2D eigenvalue weighted by Crippen LogP contribution is -2.33. The van der Waals surface area contributed by atoms with E-state index in [0.29, 0.717) is 24.3 Å². The Kier molecular flexibility index (Phi) is 4.92. The molecular weight excluding hydrogens is 372 g/mol. The summed E-state index contributed by atoms with van der Waals surface area (Å²) in [4.78, 5) is 15.1. The van der Waals surface area contributed by atoms with Crippen molar-refractivity contribution in [3.8, 4) is 0 Å². The van der Waals surface area contributed by atoms with Gasteiger partial charge in [-0.15, -0.1) is 0 Å². The molecule has 27 heavy (non-hydrogen) atoms. The molecule has 2 aromatic carbocycles. The first-order valence-electron chi connectivity index (χ1n) is 8.64. The van der Waals surface area contributed by atoms with E-state index in [1.165, 1.54) is 17.8 Å². The van der Waals surface area contributed by atoms with Crippen molar-refractivity contribution in [3.05, 3.63) is 53.6 Å². The van der Waals surface area contributed by atoms with Crippen LogP contribution in [0.3, 0.4) is 0 Å². The fraction of sp³-hybridized carbons (Fsp3) is 0.316. The summed E-state index contributed by atoms with van der Waals surface area (Å²) in [6.07, 6.45) is 0.924. The van der Waals surface area contributed by atoms with Crippen molar-refractivity contribution in [3.63, 3.8) is 0 Å². The van der Waals surface area contributed by atoms with Gasteiger partial charge in [0, 0.05) is 30.8 Å². The molecule has 0 aromatic heterocycles. The van der Waals surface area contributed by atoms with Gasteiger partial charge < -0.3 is 20.3 Å². The molecule has 0 saturated carbocycles. The van der Waals surface area contributed by atoms with Crippen molar-refractivity contribution in [2.24, 2.45) is 0 Å². The van der Waals surface area contributed by atoms with Crippen molar-refractivity contribution in [2.45, 2.75) is 22.8 Å². The monoisotopic (exact) mass is 391 g/mol. The summed E-state index contributed by atoms with van der Waals surface area (Å²) in [5.74, 6) is -1.72. The number of nitrogens with zero attached hydrogens (tertiary/aromatic N) is 1. The zero-order chi connectivity index (χ0) is 19.0. The molecule has 4 rings (SSSR count). The van der Waals surface area contributed by atoms with Gasteiger partial charge in [-0.05, 0) is 42.3 Å². The Morgan fingerprint density at radius 1 is 1.26 bits per heavy atom. The number of carbonyl (C=O) groups excluding carboxylic acids is 1. The predicted octanol–water partition coefficient (Wildman–Crippen LogP) is 4.43. The number of ether oxygens (including phenoxy) is 1. The Morgan fingerprint density at radius 2 is 2.11 bits per heavy atom. The van der Waals surface area contributed by atoms with Crippen LogP contribution in [0.1, 0.15) is 17.4 Å². The molecule has 1 fully saturated rings. The minimum Gasteiger partial charge on any atom is -0.380 e. The lowest BCUT2D eigenvalue weighted by Gasteiger charge is -2.17. The fourth-order valence-electron chi connectivity index (χ4n) is 3.26. The minimum absolute atomic E-state index is 0.0886. The number of nitrogens with one attached hydrogen (secondary N) is 2. The molecule has 5 nitrogen and oxygen atoms in total. The zero-order valence-corrected chi connectivity index (χ0v) is 15.5. The summed E-state index contributed by atoms with van der Waals surface area (Å²) >= 11 is 1.52. The number of fused-ring (bicyclic) bond motifs is 1. The maximum Gasteiger partial charge on any atom is 0.321 e. The van der Waals surface area contributed by atoms with E-state index in [9.17, 15) is 13.6 Å². The lowest BCUT2D eigenvalue weighted by atomic mass is 10.2. The van der Waals surface area contributed by atoms with Crippen molar-refractivity contribution in [1.29, 1.82) is 0 Å². The average molecular weight is 391 g/mol. The number of halogens is 2. The molecule has 2 aliphatic heterocycles. The largest absolute Gasteiger partial charge is 0.380 e. The van der Waals surface area contributed by atoms with Crippen LogP contribution in [0.25, 0.3) is 0 Å². The molecule has 0 spiro atoms. The van der Waals surface area contributed by atoms with Crippen LogP contribution in [-0.4, -0.2) is 37.2 Å². The molecule has 2 amide bonds. The van der Waals surface area contributed by atoms with E-state index >= 15 is 0 Å². The Morgan fingerprint density at radius 3 is 2.85 bits per heavy atom. The van der Waals surface area contributed by atoms with Gasteiger partial charge in [0.2, 0.25) is 0 Å². The van der Waals surface area contributed by atoms with E-state index in [2.05, 4.69) is 10.6 Å². The highest BCUT2D eigenvalue weighted by Gasteiger charge is 2.27. The molecule has 0 aliphatic carbocycles. The Bertz CT molecular complexity index is 880. The Balaban J connectivity index is 1.43. The number of thioether (sulfide) groups is 1. The first-order valence-corrected chi connectivity index (χ1v) is 9.52. The number of rotatable bonds is 3. The van der Waals surface area contributed by atoms with Gasteiger partial charge in [-0.1, -0.05) is 17.8 Å². The van der Waals surface area contributed by atoms with Gasteiger partial charge in [-0.3, -0.25) is 0 Å². The molecule has 2 aromatic rings. The van der Waals surface area contributed by atoms with Crippen LogP contribution in [0.2, 0.25) is 0 Å². The van der Waals surface area contributed by atoms with Crippen molar-refractivity contribution in [1.82, 2.24) is 4.90 Å². The molecule has 8 heteroatoms. The third-order valence-corrected chi connectivity index (χ3v) is 6.01. The SMILES string of the molecule is COC1CCN(C(=O)Nc2ccc3c(c2)NC(c2ccc(F)c(F)c2)S3)C1. The van der Waals surface area contributed by atoms with Gasteiger partial charge in [-0.25, -0.2) is 13.6 Å². The molecule has 2 aliphatic rings. The fourth-order valence-corrected chi connectivity index (χ4v) is 4.37. The number of hydrogen-bond donors (Lipinski definition) is 2. The van der Waals surface area contributed by atoms with Gasteiger partial charge >= 0.3 is 6.03 Å². The van der Waals surface area contributed by atoms with E-state index in [1.54, 1.807) is 18.1 Å². The highest BCUT2D eigenvalue weighted by molar-refractivity contribution is 8.00. The normalized spacial score (nSPS) is 21.1. The number of likely N-dealkylation sites (tertiary alicyclic amines) is 1. The minimum atomic E-state index is -0.862. The molecular formula is C19H19F2N3O2S. The van der Waals surface area contributed by atoms with E-state index in [1.807, 2.05) is 18.2 Å². The van der Waals surface area contributed by atoms with Crippen LogP contribution in [-0.2, 0) is 4.74 Å². The number of amides is 2. The Hall–Kier alpha value is -2.32. The second-order valence-corrected chi connectivity index (χ2v) is 7.70. The van der Waals surface area contributed by atoms with E-state index in [4.69, 9.17) is 4.74 Å². The molecule has 2 atom stereocenters. The first-order chi connectivity index (χ1) is 13.0. The molecule has 0 bridgehead atoms. The van der Waals surface area contributed by atoms with Crippen LogP contribution in [0, 0.1) is 11.6 Å². The third-order valence-electron chi connectivity index (χ3n) is 4.77. The van der Waals surface area contributed by atoms with Crippen LogP contribution in [0.4, 0.5) is 25.0 Å². The second kappa shape index (κ2) is 7.36. The topological polar surface area (TPSA) is 53.6 Å². The van der Waals surface area contributed by atoms with Gasteiger partial charge in [0.05, 0.1) is 11.8 Å². The highest BCUT2D eigenvalue weighted by Crippen LogP contribution is 2.47. The smallest absolute Gasteiger partial charge is 0.321 e. The van der Waals surface area contributed by atoms with E-state index < -0.39 is 11.6 Å². The molecule has 2 heterocycles. The number of methoxy groups -OCH3 is 1. The molecule has 2 N–H and O–H groups in total. The van der Waals surface area contributed by atoms with Crippen molar-refractivity contribution < 1.29 is 18.3 Å². The summed E-state index contributed by atoms with van der Waals surface area (Å²) in [6, 6.07) is 9.34.